The highest BCUT2D eigenvalue weighted by atomic mass is 32.1. The summed E-state index contributed by atoms with van der Waals surface area (Å²) in [6.45, 7) is 4.74. The average Bonchev–Trinajstić information content (AvgIpc) is 2.97. The summed E-state index contributed by atoms with van der Waals surface area (Å²) in [4.78, 5) is 12.2. The number of carbonyl (C=O) groups excluding carboxylic acids is 1. The number of nitrogens with zero attached hydrogens (tertiary/aromatic N) is 1. The van der Waals surface area contributed by atoms with Crippen molar-refractivity contribution in [2.24, 2.45) is 0 Å². The summed E-state index contributed by atoms with van der Waals surface area (Å²) in [5.41, 5.74) is 8.23. The molecule has 0 spiro atoms. The van der Waals surface area contributed by atoms with E-state index < -0.39 is 0 Å². The van der Waals surface area contributed by atoms with E-state index in [1.54, 1.807) is 23.6 Å². The van der Waals surface area contributed by atoms with Crippen molar-refractivity contribution in [1.29, 1.82) is 0 Å². The molecule has 2 aromatic heterocycles. The highest BCUT2D eigenvalue weighted by molar-refractivity contribution is 7.07. The largest absolute Gasteiger partial charge is 0.397 e. The van der Waals surface area contributed by atoms with E-state index in [-0.39, 0.29) is 11.9 Å². The first-order valence-electron chi connectivity index (χ1n) is 6.37. The number of aryl methyl sites for hydroxylation is 1. The van der Waals surface area contributed by atoms with Crippen LogP contribution in [0.1, 0.15) is 29.9 Å². The van der Waals surface area contributed by atoms with Crippen LogP contribution in [0.25, 0.3) is 0 Å². The quantitative estimate of drug-likeness (QED) is 0.882. The predicted octanol–water partition coefficient (Wildman–Crippen LogP) is 2.51. The monoisotopic (exact) mass is 277 g/mol. The zero-order chi connectivity index (χ0) is 13.8. The molecule has 0 bridgehead atoms. The van der Waals surface area contributed by atoms with E-state index in [9.17, 15) is 4.79 Å². The standard InChI is InChI=1S/C14H19N3OS/c1-3-17-8-12(15)7-13(17)14(18)16-10(2)6-11-4-5-19-9-11/h4-5,7-10H,3,6,15H2,1-2H3,(H,16,18). The van der Waals surface area contributed by atoms with Crippen LogP contribution < -0.4 is 11.1 Å². The Balaban J connectivity index is 2.00. The van der Waals surface area contributed by atoms with E-state index in [0.717, 1.165) is 13.0 Å². The number of anilines is 1. The summed E-state index contributed by atoms with van der Waals surface area (Å²) in [7, 11) is 0. The van der Waals surface area contributed by atoms with Crippen LogP contribution in [-0.2, 0) is 13.0 Å². The van der Waals surface area contributed by atoms with E-state index in [4.69, 9.17) is 5.73 Å². The second kappa shape index (κ2) is 5.93. The number of nitrogen functional groups attached to an aromatic ring is 1. The van der Waals surface area contributed by atoms with Crippen molar-refractivity contribution in [1.82, 2.24) is 9.88 Å². The number of amides is 1. The second-order valence-electron chi connectivity index (χ2n) is 4.65. The van der Waals surface area contributed by atoms with Gasteiger partial charge in [0.05, 0.1) is 5.69 Å². The van der Waals surface area contributed by atoms with Crippen molar-refractivity contribution >= 4 is 22.9 Å². The molecule has 3 N–H and O–H groups in total. The van der Waals surface area contributed by atoms with Crippen molar-refractivity contribution in [2.45, 2.75) is 32.9 Å². The Labute approximate surface area is 117 Å². The topological polar surface area (TPSA) is 60.0 Å². The Hall–Kier alpha value is -1.75. The molecule has 19 heavy (non-hydrogen) atoms. The summed E-state index contributed by atoms with van der Waals surface area (Å²) >= 11 is 1.67. The van der Waals surface area contributed by atoms with E-state index in [2.05, 4.69) is 16.8 Å². The van der Waals surface area contributed by atoms with E-state index in [1.165, 1.54) is 5.56 Å². The molecule has 2 heterocycles. The molecule has 4 nitrogen and oxygen atoms in total. The Kier molecular flexibility index (Phi) is 4.27. The van der Waals surface area contributed by atoms with E-state index in [0.29, 0.717) is 11.4 Å². The van der Waals surface area contributed by atoms with Gasteiger partial charge in [0, 0.05) is 18.8 Å². The third-order valence-electron chi connectivity index (χ3n) is 2.99. The fourth-order valence-corrected chi connectivity index (χ4v) is 2.78. The number of rotatable bonds is 5. The van der Waals surface area contributed by atoms with Crippen LogP contribution in [0.5, 0.6) is 0 Å². The van der Waals surface area contributed by atoms with Crippen molar-refractivity contribution in [3.8, 4) is 0 Å². The third-order valence-corrected chi connectivity index (χ3v) is 3.72. The summed E-state index contributed by atoms with van der Waals surface area (Å²) in [5.74, 6) is -0.0683. The van der Waals surface area contributed by atoms with Crippen LogP contribution in [0.3, 0.4) is 0 Å². The minimum Gasteiger partial charge on any atom is -0.397 e. The Morgan fingerprint density at radius 3 is 3.00 bits per heavy atom. The number of carbonyl (C=O) groups is 1. The lowest BCUT2D eigenvalue weighted by molar-refractivity contribution is 0.0931. The van der Waals surface area contributed by atoms with Gasteiger partial charge in [-0.2, -0.15) is 11.3 Å². The average molecular weight is 277 g/mol. The van der Waals surface area contributed by atoms with Gasteiger partial charge < -0.3 is 15.6 Å². The summed E-state index contributed by atoms with van der Waals surface area (Å²) in [6, 6.07) is 3.90. The van der Waals surface area contributed by atoms with Gasteiger partial charge in [0.2, 0.25) is 0 Å². The Morgan fingerprint density at radius 2 is 2.37 bits per heavy atom. The molecule has 102 valence electrons. The lowest BCUT2D eigenvalue weighted by Crippen LogP contribution is -2.35. The maximum Gasteiger partial charge on any atom is 0.268 e. The molecule has 0 fully saturated rings. The molecule has 1 atom stereocenters. The van der Waals surface area contributed by atoms with Gasteiger partial charge in [0.25, 0.3) is 5.91 Å². The minimum absolute atomic E-state index is 0.0683. The normalized spacial score (nSPS) is 12.3. The van der Waals surface area contributed by atoms with Crippen LogP contribution in [0.2, 0.25) is 0 Å². The van der Waals surface area contributed by atoms with Crippen LogP contribution in [-0.4, -0.2) is 16.5 Å². The van der Waals surface area contributed by atoms with Crippen LogP contribution in [0.4, 0.5) is 5.69 Å². The zero-order valence-corrected chi connectivity index (χ0v) is 12.0. The van der Waals surface area contributed by atoms with Gasteiger partial charge in [-0.05, 0) is 48.7 Å². The smallest absolute Gasteiger partial charge is 0.268 e. The van der Waals surface area contributed by atoms with Gasteiger partial charge in [-0.25, -0.2) is 0 Å². The van der Waals surface area contributed by atoms with Gasteiger partial charge in [-0.1, -0.05) is 0 Å². The molecule has 0 aliphatic heterocycles. The van der Waals surface area contributed by atoms with Crippen LogP contribution in [0.15, 0.2) is 29.1 Å². The van der Waals surface area contributed by atoms with Gasteiger partial charge >= 0.3 is 0 Å². The molecular weight excluding hydrogens is 258 g/mol. The zero-order valence-electron chi connectivity index (χ0n) is 11.2. The first kappa shape index (κ1) is 13.7. The fraction of sp³-hybridized carbons (Fsp3) is 0.357. The maximum absolute atomic E-state index is 12.2. The predicted molar refractivity (Wildman–Crippen MR) is 79.5 cm³/mol. The molecule has 2 aromatic rings. The lowest BCUT2D eigenvalue weighted by atomic mass is 10.1. The van der Waals surface area contributed by atoms with Crippen molar-refractivity contribution in [2.75, 3.05) is 5.73 Å². The maximum atomic E-state index is 12.2. The first-order valence-corrected chi connectivity index (χ1v) is 7.32. The van der Waals surface area contributed by atoms with Crippen molar-refractivity contribution < 1.29 is 4.79 Å². The number of nitrogens with two attached hydrogens (primary N) is 1. The van der Waals surface area contributed by atoms with E-state index >= 15 is 0 Å². The third kappa shape index (κ3) is 3.38. The van der Waals surface area contributed by atoms with Crippen molar-refractivity contribution in [3.63, 3.8) is 0 Å². The lowest BCUT2D eigenvalue weighted by Gasteiger charge is -2.14. The molecule has 0 radical (unpaired) electrons. The Morgan fingerprint density at radius 1 is 1.58 bits per heavy atom. The highest BCUT2D eigenvalue weighted by Gasteiger charge is 2.14. The molecule has 0 aliphatic carbocycles. The Bertz CT molecular complexity index is 545. The first-order chi connectivity index (χ1) is 9.10. The fourth-order valence-electron chi connectivity index (χ4n) is 2.10. The summed E-state index contributed by atoms with van der Waals surface area (Å²) < 4.78 is 1.86. The minimum atomic E-state index is -0.0683. The van der Waals surface area contributed by atoms with E-state index in [1.807, 2.05) is 23.8 Å². The van der Waals surface area contributed by atoms with Crippen LogP contribution in [0, 0.1) is 0 Å². The van der Waals surface area contributed by atoms with Gasteiger partial charge in [-0.3, -0.25) is 4.79 Å². The highest BCUT2D eigenvalue weighted by Crippen LogP contribution is 2.12. The molecule has 1 unspecified atom stereocenters. The molecular formula is C14H19N3OS. The molecule has 5 heteroatoms. The molecule has 0 saturated heterocycles. The SMILES string of the molecule is CCn1cc(N)cc1C(=O)NC(C)Cc1ccsc1. The molecule has 0 aromatic carbocycles. The van der Waals surface area contributed by atoms with Gasteiger partial charge in [0.1, 0.15) is 5.69 Å². The van der Waals surface area contributed by atoms with Crippen LogP contribution >= 0.6 is 11.3 Å². The number of hydrogen-bond donors (Lipinski definition) is 2. The number of hydrogen-bond acceptors (Lipinski definition) is 3. The number of aromatic nitrogens is 1. The molecule has 0 saturated carbocycles. The summed E-state index contributed by atoms with van der Waals surface area (Å²) in [6.07, 6.45) is 2.63. The molecule has 0 aliphatic rings. The number of thiophene rings is 1. The molecule has 2 rings (SSSR count). The van der Waals surface area contributed by atoms with Gasteiger partial charge in [0.15, 0.2) is 0 Å². The summed E-state index contributed by atoms with van der Waals surface area (Å²) in [5, 5.41) is 7.17. The van der Waals surface area contributed by atoms with Gasteiger partial charge in [-0.15, -0.1) is 0 Å². The molecule has 1 amide bonds. The number of nitrogens with one attached hydrogen (secondary N) is 1. The van der Waals surface area contributed by atoms with Crippen molar-refractivity contribution in [3.05, 3.63) is 40.3 Å². The second-order valence-corrected chi connectivity index (χ2v) is 5.43.